The number of nitrogens with zero attached hydrogens (tertiary/aromatic N) is 1. The molecule has 112 valence electrons. The van der Waals surface area contributed by atoms with Gasteiger partial charge in [-0.15, -0.1) is 0 Å². The monoisotopic (exact) mass is 292 g/mol. The molecule has 0 saturated heterocycles. The lowest BCUT2D eigenvalue weighted by atomic mass is 10.1. The largest absolute Gasteiger partial charge is 0.481 e. The smallest absolute Gasteiger partial charge is 0.317 e. The Morgan fingerprint density at radius 1 is 1.33 bits per heavy atom. The van der Waals surface area contributed by atoms with Gasteiger partial charge < -0.3 is 15.3 Å². The Balaban J connectivity index is 1.85. The van der Waals surface area contributed by atoms with Gasteiger partial charge in [-0.3, -0.25) is 4.79 Å². The fourth-order valence-electron chi connectivity index (χ4n) is 2.19. The minimum atomic E-state index is -0.886. The average molecular weight is 292 g/mol. The predicted octanol–water partition coefficient (Wildman–Crippen LogP) is 2.00. The second-order valence-corrected chi connectivity index (χ2v) is 5.10. The molecule has 2 atom stereocenters. The van der Waals surface area contributed by atoms with Crippen LogP contribution < -0.4 is 5.32 Å². The molecule has 2 amide bonds. The quantitative estimate of drug-likeness (QED) is 0.834. The van der Waals surface area contributed by atoms with Crippen molar-refractivity contribution >= 4 is 12.0 Å². The first-order chi connectivity index (χ1) is 9.95. The minimum Gasteiger partial charge on any atom is -0.481 e. The number of carbonyl (C=O) groups is 2. The predicted molar refractivity (Wildman–Crippen MR) is 75.1 cm³/mol. The van der Waals surface area contributed by atoms with Gasteiger partial charge in [0.25, 0.3) is 0 Å². The van der Waals surface area contributed by atoms with Crippen molar-refractivity contribution in [2.45, 2.75) is 19.0 Å². The molecule has 1 aliphatic rings. The van der Waals surface area contributed by atoms with Crippen LogP contribution in [0.1, 0.15) is 12.0 Å². The van der Waals surface area contributed by atoms with E-state index >= 15 is 0 Å². The van der Waals surface area contributed by atoms with Crippen LogP contribution in [-0.2, 0) is 11.3 Å². The summed E-state index contributed by atoms with van der Waals surface area (Å²) in [5.74, 6) is -1.75. The second-order valence-electron chi connectivity index (χ2n) is 5.10. The maximum atomic E-state index is 12.8. The van der Waals surface area contributed by atoms with Gasteiger partial charge in [0.1, 0.15) is 5.82 Å². The van der Waals surface area contributed by atoms with Crippen LogP contribution in [0.4, 0.5) is 9.18 Å². The maximum absolute atomic E-state index is 12.8. The number of amides is 2. The molecule has 0 bridgehead atoms. The number of rotatable bonds is 4. The van der Waals surface area contributed by atoms with Gasteiger partial charge in [-0.05, 0) is 24.1 Å². The van der Waals surface area contributed by atoms with Gasteiger partial charge in [-0.25, -0.2) is 9.18 Å². The van der Waals surface area contributed by atoms with Gasteiger partial charge in [0, 0.05) is 13.6 Å². The highest BCUT2D eigenvalue weighted by molar-refractivity contribution is 5.76. The van der Waals surface area contributed by atoms with Gasteiger partial charge in [-0.1, -0.05) is 24.3 Å². The molecule has 0 spiro atoms. The van der Waals surface area contributed by atoms with Crippen molar-refractivity contribution in [3.8, 4) is 0 Å². The summed E-state index contributed by atoms with van der Waals surface area (Å²) >= 11 is 0. The third-order valence-corrected chi connectivity index (χ3v) is 3.39. The molecule has 6 heteroatoms. The molecular weight excluding hydrogens is 275 g/mol. The van der Waals surface area contributed by atoms with E-state index in [0.29, 0.717) is 13.0 Å². The maximum Gasteiger partial charge on any atom is 0.317 e. The number of urea groups is 1. The number of carboxylic acid groups (broad SMARTS) is 1. The number of carboxylic acids is 1. The highest BCUT2D eigenvalue weighted by Crippen LogP contribution is 2.18. The van der Waals surface area contributed by atoms with E-state index in [1.165, 1.54) is 17.0 Å². The minimum absolute atomic E-state index is 0.269. The molecule has 5 nitrogen and oxygen atoms in total. The number of nitrogens with one attached hydrogen (secondary N) is 1. The Kier molecular flexibility index (Phi) is 4.57. The highest BCUT2D eigenvalue weighted by Gasteiger charge is 2.26. The Morgan fingerprint density at radius 3 is 2.57 bits per heavy atom. The topological polar surface area (TPSA) is 69.6 Å². The van der Waals surface area contributed by atoms with Gasteiger partial charge in [-0.2, -0.15) is 0 Å². The van der Waals surface area contributed by atoms with Crippen molar-refractivity contribution in [2.75, 3.05) is 7.05 Å². The van der Waals surface area contributed by atoms with Crippen molar-refractivity contribution in [3.63, 3.8) is 0 Å². The zero-order valence-corrected chi connectivity index (χ0v) is 11.6. The molecule has 1 aromatic rings. The first kappa shape index (κ1) is 15.0. The molecule has 0 radical (unpaired) electrons. The van der Waals surface area contributed by atoms with Gasteiger partial charge in [0.15, 0.2) is 0 Å². The van der Waals surface area contributed by atoms with Crippen molar-refractivity contribution < 1.29 is 19.1 Å². The Hall–Kier alpha value is -2.37. The number of carbonyl (C=O) groups excluding carboxylic acids is 1. The third-order valence-electron chi connectivity index (χ3n) is 3.39. The molecule has 0 aromatic heterocycles. The van der Waals surface area contributed by atoms with E-state index in [9.17, 15) is 14.0 Å². The SMILES string of the molecule is CN(Cc1ccc(F)cc1)C(=O)NC1C=CC(C(=O)O)C1. The molecule has 0 heterocycles. The summed E-state index contributed by atoms with van der Waals surface area (Å²) in [6, 6.07) is 5.37. The van der Waals surface area contributed by atoms with E-state index in [2.05, 4.69) is 5.32 Å². The van der Waals surface area contributed by atoms with Crippen LogP contribution >= 0.6 is 0 Å². The van der Waals surface area contributed by atoms with Gasteiger partial charge in [0.05, 0.1) is 12.0 Å². The zero-order valence-electron chi connectivity index (χ0n) is 11.6. The first-order valence-electron chi connectivity index (χ1n) is 6.63. The average Bonchev–Trinajstić information content (AvgIpc) is 2.90. The number of halogens is 1. The van der Waals surface area contributed by atoms with E-state index in [4.69, 9.17) is 5.11 Å². The van der Waals surface area contributed by atoms with Crippen LogP contribution in [-0.4, -0.2) is 35.1 Å². The molecule has 21 heavy (non-hydrogen) atoms. The van der Waals surface area contributed by atoms with Crippen LogP contribution in [0.15, 0.2) is 36.4 Å². The van der Waals surface area contributed by atoms with Crippen molar-refractivity contribution in [3.05, 3.63) is 47.8 Å². The van der Waals surface area contributed by atoms with Crippen LogP contribution in [0, 0.1) is 11.7 Å². The summed E-state index contributed by atoms with van der Waals surface area (Å²) < 4.78 is 12.8. The van der Waals surface area contributed by atoms with E-state index in [-0.39, 0.29) is 17.9 Å². The lowest BCUT2D eigenvalue weighted by molar-refractivity contribution is -0.140. The molecule has 2 rings (SSSR count). The fourth-order valence-corrected chi connectivity index (χ4v) is 2.19. The summed E-state index contributed by atoms with van der Waals surface area (Å²) in [7, 11) is 1.63. The summed E-state index contributed by atoms with van der Waals surface area (Å²) in [6.45, 7) is 0.352. The standard InChI is InChI=1S/C15H17FN2O3/c1-18(9-10-2-5-12(16)6-3-10)15(21)17-13-7-4-11(8-13)14(19)20/h2-7,11,13H,8-9H2,1H3,(H,17,21)(H,19,20). The lowest BCUT2D eigenvalue weighted by Gasteiger charge is -2.20. The molecule has 0 fully saturated rings. The van der Waals surface area contributed by atoms with Crippen LogP contribution in [0.3, 0.4) is 0 Å². The van der Waals surface area contributed by atoms with E-state index < -0.39 is 11.9 Å². The molecule has 0 aliphatic heterocycles. The van der Waals surface area contributed by atoms with Crippen molar-refractivity contribution in [2.24, 2.45) is 5.92 Å². The number of hydrogen-bond donors (Lipinski definition) is 2. The summed E-state index contributed by atoms with van der Waals surface area (Å²) in [5, 5.41) is 11.6. The van der Waals surface area contributed by atoms with Gasteiger partial charge >= 0.3 is 12.0 Å². The van der Waals surface area contributed by atoms with E-state index in [1.54, 1.807) is 31.3 Å². The van der Waals surface area contributed by atoms with Crippen molar-refractivity contribution in [1.82, 2.24) is 10.2 Å². The molecule has 2 N–H and O–H groups in total. The zero-order chi connectivity index (χ0) is 15.4. The Morgan fingerprint density at radius 2 is 2.00 bits per heavy atom. The number of aliphatic carboxylic acids is 1. The molecule has 1 aromatic carbocycles. The van der Waals surface area contributed by atoms with Crippen LogP contribution in [0.2, 0.25) is 0 Å². The van der Waals surface area contributed by atoms with E-state index in [0.717, 1.165) is 5.56 Å². The summed E-state index contributed by atoms with van der Waals surface area (Å²) in [6.07, 6.45) is 3.65. The molecular formula is C15H17FN2O3. The number of benzene rings is 1. The summed E-state index contributed by atoms with van der Waals surface area (Å²) in [4.78, 5) is 24.3. The van der Waals surface area contributed by atoms with Crippen LogP contribution in [0.5, 0.6) is 0 Å². The first-order valence-corrected chi connectivity index (χ1v) is 6.63. The summed E-state index contributed by atoms with van der Waals surface area (Å²) in [5.41, 5.74) is 0.819. The molecule has 0 saturated carbocycles. The third kappa shape index (κ3) is 4.05. The van der Waals surface area contributed by atoms with Crippen molar-refractivity contribution in [1.29, 1.82) is 0 Å². The van der Waals surface area contributed by atoms with Gasteiger partial charge in [0.2, 0.25) is 0 Å². The Bertz CT molecular complexity index is 557. The van der Waals surface area contributed by atoms with E-state index in [1.807, 2.05) is 0 Å². The second kappa shape index (κ2) is 6.39. The van der Waals surface area contributed by atoms with Crippen LogP contribution in [0.25, 0.3) is 0 Å². The Labute approximate surface area is 122 Å². The number of hydrogen-bond acceptors (Lipinski definition) is 2. The lowest BCUT2D eigenvalue weighted by Crippen LogP contribution is -2.41. The highest BCUT2D eigenvalue weighted by atomic mass is 19.1. The molecule has 1 aliphatic carbocycles. The fraction of sp³-hybridized carbons (Fsp3) is 0.333. The molecule has 2 unspecified atom stereocenters. The normalized spacial score (nSPS) is 20.3.